The van der Waals surface area contributed by atoms with Crippen molar-refractivity contribution in [3.8, 4) is 5.75 Å². The average molecular weight is 511 g/mol. The standard InChI is InChI=1S/C23H27ClN2O7S/c1-3-33-23(28)19-15-17(5-7-20(19)24)25-22(27)9-4-16-14-18(6-8-21(16)31-2)34(29,30)26-10-12-32-13-11-26/h5-8,14-15H,3-4,9-13H2,1-2H3,(H,25,27). The zero-order valence-electron chi connectivity index (χ0n) is 19.0. The van der Waals surface area contributed by atoms with E-state index in [4.69, 9.17) is 25.8 Å². The number of nitrogens with zero attached hydrogens (tertiary/aromatic N) is 1. The first-order valence-electron chi connectivity index (χ1n) is 10.8. The Bertz CT molecular complexity index is 1150. The highest BCUT2D eigenvalue weighted by Gasteiger charge is 2.27. The molecular formula is C23H27ClN2O7S. The molecule has 1 amide bonds. The number of ether oxygens (including phenoxy) is 3. The number of methoxy groups -OCH3 is 1. The molecule has 0 saturated carbocycles. The maximum atomic E-state index is 13.0. The first-order chi connectivity index (χ1) is 16.3. The van der Waals surface area contributed by atoms with E-state index in [0.29, 0.717) is 43.3 Å². The van der Waals surface area contributed by atoms with Crippen molar-refractivity contribution < 1.29 is 32.2 Å². The van der Waals surface area contributed by atoms with Crippen LogP contribution in [0.25, 0.3) is 0 Å². The van der Waals surface area contributed by atoms with E-state index in [-0.39, 0.29) is 40.8 Å². The number of carbonyl (C=O) groups is 2. The fourth-order valence-electron chi connectivity index (χ4n) is 3.49. The monoisotopic (exact) mass is 510 g/mol. The Morgan fingerprint density at radius 3 is 2.56 bits per heavy atom. The normalized spacial score (nSPS) is 14.4. The summed E-state index contributed by atoms with van der Waals surface area (Å²) in [7, 11) is -2.19. The van der Waals surface area contributed by atoms with Crippen LogP contribution in [0.15, 0.2) is 41.3 Å². The summed E-state index contributed by atoms with van der Waals surface area (Å²) in [5.74, 6) is -0.405. The van der Waals surface area contributed by atoms with Crippen molar-refractivity contribution in [1.82, 2.24) is 4.31 Å². The number of amides is 1. The van der Waals surface area contributed by atoms with Gasteiger partial charge in [-0.3, -0.25) is 4.79 Å². The Kier molecular flexibility index (Phi) is 8.90. The molecule has 1 heterocycles. The molecule has 1 saturated heterocycles. The number of rotatable bonds is 9. The summed E-state index contributed by atoms with van der Waals surface area (Å²) in [6, 6.07) is 9.17. The summed E-state index contributed by atoms with van der Waals surface area (Å²) in [5.41, 5.74) is 1.15. The lowest BCUT2D eigenvalue weighted by atomic mass is 10.1. The zero-order valence-corrected chi connectivity index (χ0v) is 20.6. The van der Waals surface area contributed by atoms with E-state index in [1.807, 2.05) is 0 Å². The van der Waals surface area contributed by atoms with Crippen molar-refractivity contribution in [2.75, 3.05) is 45.3 Å². The number of hydrogen-bond donors (Lipinski definition) is 1. The van der Waals surface area contributed by atoms with Gasteiger partial charge in [-0.25, -0.2) is 13.2 Å². The summed E-state index contributed by atoms with van der Waals surface area (Å²) in [5, 5.41) is 2.95. The minimum Gasteiger partial charge on any atom is -0.496 e. The Labute approximate surface area is 204 Å². The smallest absolute Gasteiger partial charge is 0.339 e. The SMILES string of the molecule is CCOC(=O)c1cc(NC(=O)CCc2cc(S(=O)(=O)N3CCOCC3)ccc2OC)ccc1Cl. The molecule has 0 atom stereocenters. The molecule has 0 aromatic heterocycles. The first kappa shape index (κ1) is 26.0. The first-order valence-corrected chi connectivity index (χ1v) is 12.6. The van der Waals surface area contributed by atoms with Crippen LogP contribution in [0.5, 0.6) is 5.75 Å². The van der Waals surface area contributed by atoms with Crippen molar-refractivity contribution in [2.24, 2.45) is 0 Å². The Hall–Kier alpha value is -2.66. The van der Waals surface area contributed by atoms with E-state index in [1.165, 1.54) is 35.7 Å². The van der Waals surface area contributed by atoms with Crippen LogP contribution >= 0.6 is 11.6 Å². The predicted octanol–water partition coefficient (Wildman–Crippen LogP) is 3.12. The third kappa shape index (κ3) is 6.26. The van der Waals surface area contributed by atoms with Crippen LogP contribution in [0.2, 0.25) is 5.02 Å². The summed E-state index contributed by atoms with van der Waals surface area (Å²) >= 11 is 6.06. The highest BCUT2D eigenvalue weighted by atomic mass is 35.5. The molecule has 0 spiro atoms. The van der Waals surface area contributed by atoms with E-state index in [2.05, 4.69) is 5.32 Å². The van der Waals surface area contributed by atoms with Gasteiger partial charge in [0.15, 0.2) is 0 Å². The topological polar surface area (TPSA) is 111 Å². The molecule has 0 unspecified atom stereocenters. The number of benzene rings is 2. The molecule has 3 rings (SSSR count). The van der Waals surface area contributed by atoms with Crippen LogP contribution in [0.1, 0.15) is 29.3 Å². The molecule has 1 aliphatic heterocycles. The highest BCUT2D eigenvalue weighted by molar-refractivity contribution is 7.89. The fourth-order valence-corrected chi connectivity index (χ4v) is 5.14. The molecule has 2 aromatic carbocycles. The molecular weight excluding hydrogens is 484 g/mol. The van der Waals surface area contributed by atoms with Crippen LogP contribution in [0, 0.1) is 0 Å². The fraction of sp³-hybridized carbons (Fsp3) is 0.391. The second-order valence-corrected chi connectivity index (χ2v) is 9.80. The Morgan fingerprint density at radius 1 is 1.15 bits per heavy atom. The van der Waals surface area contributed by atoms with Crippen molar-refractivity contribution in [2.45, 2.75) is 24.7 Å². The molecule has 0 bridgehead atoms. The summed E-state index contributed by atoms with van der Waals surface area (Å²) in [6.45, 7) is 3.18. The van der Waals surface area contributed by atoms with Crippen LogP contribution in [-0.4, -0.2) is 64.6 Å². The Balaban J connectivity index is 1.71. The van der Waals surface area contributed by atoms with Gasteiger partial charge >= 0.3 is 5.97 Å². The van der Waals surface area contributed by atoms with Gasteiger partial charge in [-0.05, 0) is 55.3 Å². The van der Waals surface area contributed by atoms with Gasteiger partial charge in [-0.2, -0.15) is 4.31 Å². The lowest BCUT2D eigenvalue weighted by Crippen LogP contribution is -2.40. The Morgan fingerprint density at radius 2 is 1.88 bits per heavy atom. The molecule has 184 valence electrons. The lowest BCUT2D eigenvalue weighted by molar-refractivity contribution is -0.116. The second-order valence-electron chi connectivity index (χ2n) is 7.45. The van der Waals surface area contributed by atoms with E-state index >= 15 is 0 Å². The third-order valence-corrected chi connectivity index (χ3v) is 7.45. The van der Waals surface area contributed by atoms with Gasteiger partial charge in [0, 0.05) is 25.2 Å². The predicted molar refractivity (Wildman–Crippen MR) is 127 cm³/mol. The van der Waals surface area contributed by atoms with Gasteiger partial charge in [-0.1, -0.05) is 11.6 Å². The van der Waals surface area contributed by atoms with Gasteiger partial charge in [0.1, 0.15) is 5.75 Å². The number of sulfonamides is 1. The minimum atomic E-state index is -3.68. The van der Waals surface area contributed by atoms with Crippen LogP contribution < -0.4 is 10.1 Å². The lowest BCUT2D eigenvalue weighted by Gasteiger charge is -2.26. The van der Waals surface area contributed by atoms with Crippen molar-refractivity contribution in [3.63, 3.8) is 0 Å². The van der Waals surface area contributed by atoms with E-state index in [1.54, 1.807) is 19.1 Å². The second kappa shape index (κ2) is 11.7. The van der Waals surface area contributed by atoms with Crippen molar-refractivity contribution in [1.29, 1.82) is 0 Å². The molecule has 11 heteroatoms. The van der Waals surface area contributed by atoms with Crippen LogP contribution in [-0.2, 0) is 30.7 Å². The zero-order chi connectivity index (χ0) is 24.7. The molecule has 9 nitrogen and oxygen atoms in total. The summed E-state index contributed by atoms with van der Waals surface area (Å²) in [4.78, 5) is 24.7. The van der Waals surface area contributed by atoms with Gasteiger partial charge < -0.3 is 19.5 Å². The number of carbonyl (C=O) groups excluding carboxylic acids is 2. The minimum absolute atomic E-state index is 0.0643. The molecule has 1 aliphatic rings. The largest absolute Gasteiger partial charge is 0.496 e. The molecule has 2 aromatic rings. The van der Waals surface area contributed by atoms with Crippen molar-refractivity contribution >= 4 is 39.2 Å². The van der Waals surface area contributed by atoms with E-state index in [0.717, 1.165) is 0 Å². The molecule has 1 N–H and O–H groups in total. The van der Waals surface area contributed by atoms with Gasteiger partial charge in [-0.15, -0.1) is 0 Å². The number of hydrogen-bond acceptors (Lipinski definition) is 7. The molecule has 1 fully saturated rings. The molecule has 34 heavy (non-hydrogen) atoms. The maximum absolute atomic E-state index is 13.0. The van der Waals surface area contributed by atoms with Crippen molar-refractivity contribution in [3.05, 3.63) is 52.5 Å². The quantitative estimate of drug-likeness (QED) is 0.516. The summed E-state index contributed by atoms with van der Waals surface area (Å²) < 4.78 is 42.9. The number of halogens is 1. The van der Waals surface area contributed by atoms with Crippen LogP contribution in [0.3, 0.4) is 0 Å². The summed E-state index contributed by atoms with van der Waals surface area (Å²) in [6.07, 6.45) is 0.314. The van der Waals surface area contributed by atoms with Gasteiger partial charge in [0.2, 0.25) is 15.9 Å². The van der Waals surface area contributed by atoms with Gasteiger partial charge in [0.25, 0.3) is 0 Å². The number of esters is 1. The maximum Gasteiger partial charge on any atom is 0.339 e. The van der Waals surface area contributed by atoms with E-state index < -0.39 is 16.0 Å². The number of nitrogens with one attached hydrogen (secondary N) is 1. The third-order valence-electron chi connectivity index (χ3n) is 5.23. The molecule has 0 radical (unpaired) electrons. The van der Waals surface area contributed by atoms with E-state index in [9.17, 15) is 18.0 Å². The number of anilines is 1. The van der Waals surface area contributed by atoms with Gasteiger partial charge in [0.05, 0.1) is 42.4 Å². The molecule has 0 aliphatic carbocycles. The average Bonchev–Trinajstić information content (AvgIpc) is 2.84. The highest BCUT2D eigenvalue weighted by Crippen LogP contribution is 2.27. The number of morpholine rings is 1. The number of aryl methyl sites for hydroxylation is 1. The van der Waals surface area contributed by atoms with Crippen LogP contribution in [0.4, 0.5) is 5.69 Å².